The fourth-order valence-electron chi connectivity index (χ4n) is 4.27. The second kappa shape index (κ2) is 7.96. The number of piperidine rings is 2. The van der Waals surface area contributed by atoms with E-state index in [9.17, 15) is 13.2 Å². The molecule has 0 bridgehead atoms. The first kappa shape index (κ1) is 21.0. The SMILES string of the molecule is Cl.NS(=O)(=O)C1CCN(C(=O)c2cc3c(s2)C2(CCNCC2)OCC3)CC1. The van der Waals surface area contributed by atoms with E-state index < -0.39 is 15.3 Å². The molecule has 3 aliphatic heterocycles. The number of rotatable bonds is 2. The molecule has 2 saturated heterocycles. The van der Waals surface area contributed by atoms with Gasteiger partial charge < -0.3 is 15.0 Å². The van der Waals surface area contributed by atoms with Crippen LogP contribution in [0.15, 0.2) is 6.07 Å². The van der Waals surface area contributed by atoms with Crippen molar-refractivity contribution >= 4 is 39.7 Å². The van der Waals surface area contributed by atoms with Crippen LogP contribution in [0.5, 0.6) is 0 Å². The van der Waals surface area contributed by atoms with E-state index in [4.69, 9.17) is 9.88 Å². The molecule has 0 radical (unpaired) electrons. The maximum absolute atomic E-state index is 12.9. The summed E-state index contributed by atoms with van der Waals surface area (Å²) in [6, 6.07) is 2.03. The number of primary sulfonamides is 1. The van der Waals surface area contributed by atoms with Gasteiger partial charge in [-0.25, -0.2) is 13.6 Å². The lowest BCUT2D eigenvalue weighted by molar-refractivity contribution is -0.0771. The van der Waals surface area contributed by atoms with Crippen molar-refractivity contribution in [1.82, 2.24) is 10.2 Å². The minimum atomic E-state index is -3.52. The molecular weight excluding hydrogens is 410 g/mol. The summed E-state index contributed by atoms with van der Waals surface area (Å²) in [7, 11) is -3.52. The van der Waals surface area contributed by atoms with E-state index >= 15 is 0 Å². The van der Waals surface area contributed by atoms with Gasteiger partial charge in [0, 0.05) is 18.0 Å². The van der Waals surface area contributed by atoms with Crippen LogP contribution in [-0.2, 0) is 26.8 Å². The predicted molar refractivity (Wildman–Crippen MR) is 107 cm³/mol. The van der Waals surface area contributed by atoms with Gasteiger partial charge >= 0.3 is 0 Å². The number of amides is 1. The number of sulfonamides is 1. The van der Waals surface area contributed by atoms with E-state index in [1.54, 1.807) is 16.2 Å². The molecule has 7 nitrogen and oxygen atoms in total. The number of nitrogens with zero attached hydrogens (tertiary/aromatic N) is 1. The quantitative estimate of drug-likeness (QED) is 0.727. The maximum Gasteiger partial charge on any atom is 0.263 e. The Morgan fingerprint density at radius 1 is 1.30 bits per heavy atom. The summed E-state index contributed by atoms with van der Waals surface area (Å²) in [5.74, 6) is 0.00125. The van der Waals surface area contributed by atoms with Crippen molar-refractivity contribution in [2.45, 2.75) is 43.0 Å². The lowest BCUT2D eigenvalue weighted by atomic mass is 9.86. The number of nitrogens with one attached hydrogen (secondary N) is 1. The minimum Gasteiger partial charge on any atom is -0.369 e. The standard InChI is InChI=1S/C17H25N3O4S2.ClH/c18-26(22,23)13-1-8-20(9-2-13)16(21)14-11-12-3-10-24-17(15(12)25-14)4-6-19-7-5-17;/h11,13,19H,1-10H2,(H2,18,22,23);1H. The molecule has 0 atom stereocenters. The van der Waals surface area contributed by atoms with Crippen molar-refractivity contribution in [1.29, 1.82) is 0 Å². The zero-order valence-electron chi connectivity index (χ0n) is 15.1. The Labute approximate surface area is 170 Å². The fraction of sp³-hybridized carbons (Fsp3) is 0.706. The predicted octanol–water partition coefficient (Wildman–Crippen LogP) is 1.21. The maximum atomic E-state index is 12.9. The van der Waals surface area contributed by atoms with Crippen molar-refractivity contribution in [2.24, 2.45) is 5.14 Å². The third kappa shape index (κ3) is 4.04. The molecule has 3 aliphatic rings. The number of hydrogen-bond acceptors (Lipinski definition) is 6. The van der Waals surface area contributed by atoms with Crippen molar-refractivity contribution in [3.63, 3.8) is 0 Å². The number of nitrogens with two attached hydrogens (primary N) is 1. The lowest BCUT2D eigenvalue weighted by Crippen LogP contribution is -2.44. The molecule has 0 aliphatic carbocycles. The van der Waals surface area contributed by atoms with E-state index in [0.717, 1.165) is 37.2 Å². The molecule has 0 unspecified atom stereocenters. The van der Waals surface area contributed by atoms with E-state index in [2.05, 4.69) is 5.32 Å². The number of carbonyl (C=O) groups is 1. The molecule has 1 amide bonds. The second-order valence-electron chi connectivity index (χ2n) is 7.39. The Hall–Kier alpha value is -0.710. The molecule has 10 heteroatoms. The largest absolute Gasteiger partial charge is 0.369 e. The molecule has 152 valence electrons. The van der Waals surface area contributed by atoms with E-state index in [1.165, 1.54) is 10.4 Å². The summed E-state index contributed by atoms with van der Waals surface area (Å²) in [5.41, 5.74) is 1.01. The first-order valence-electron chi connectivity index (χ1n) is 9.18. The van der Waals surface area contributed by atoms with Gasteiger partial charge in [-0.15, -0.1) is 23.7 Å². The molecule has 1 aromatic heterocycles. The molecule has 1 aromatic rings. The normalized spacial score (nSPS) is 22.9. The molecule has 27 heavy (non-hydrogen) atoms. The minimum absolute atomic E-state index is 0. The Morgan fingerprint density at radius 2 is 1.96 bits per heavy atom. The molecule has 1 spiro atoms. The summed E-state index contributed by atoms with van der Waals surface area (Å²) in [5, 5.41) is 8.08. The average Bonchev–Trinajstić information content (AvgIpc) is 3.07. The van der Waals surface area contributed by atoms with Crippen molar-refractivity contribution < 1.29 is 17.9 Å². The van der Waals surface area contributed by atoms with Gasteiger partial charge in [-0.1, -0.05) is 0 Å². The average molecular weight is 436 g/mol. The summed E-state index contributed by atoms with van der Waals surface area (Å²) in [4.78, 5) is 16.7. The first-order chi connectivity index (χ1) is 12.4. The fourth-order valence-corrected chi connectivity index (χ4v) is 6.52. The van der Waals surface area contributed by atoms with E-state index in [0.29, 0.717) is 32.5 Å². The highest BCUT2D eigenvalue weighted by Crippen LogP contribution is 2.44. The van der Waals surface area contributed by atoms with Crippen LogP contribution in [0, 0.1) is 0 Å². The van der Waals surface area contributed by atoms with Gasteiger partial charge in [0.15, 0.2) is 0 Å². The van der Waals surface area contributed by atoms with Gasteiger partial charge in [-0.05, 0) is 56.8 Å². The third-order valence-electron chi connectivity index (χ3n) is 5.79. The van der Waals surface area contributed by atoms with Crippen molar-refractivity contribution in [2.75, 3.05) is 32.8 Å². The Bertz CT molecular complexity index is 797. The number of carbonyl (C=O) groups excluding carboxylic acids is 1. The van der Waals surface area contributed by atoms with Crippen LogP contribution in [0.1, 0.15) is 45.8 Å². The molecule has 3 N–H and O–H groups in total. The molecule has 0 aromatic carbocycles. The number of likely N-dealkylation sites (tertiary alicyclic amines) is 1. The lowest BCUT2D eigenvalue weighted by Gasteiger charge is -2.40. The van der Waals surface area contributed by atoms with Crippen molar-refractivity contribution in [3.8, 4) is 0 Å². The van der Waals surface area contributed by atoms with Crippen LogP contribution >= 0.6 is 23.7 Å². The molecule has 4 rings (SSSR count). The van der Waals surface area contributed by atoms with Crippen LogP contribution in [0.3, 0.4) is 0 Å². The Morgan fingerprint density at radius 3 is 2.59 bits per heavy atom. The first-order valence-corrected chi connectivity index (χ1v) is 11.6. The number of hydrogen-bond donors (Lipinski definition) is 2. The van der Waals surface area contributed by atoms with Crippen LogP contribution in [-0.4, -0.2) is 57.3 Å². The van der Waals surface area contributed by atoms with Gasteiger partial charge in [0.1, 0.15) is 5.60 Å². The summed E-state index contributed by atoms with van der Waals surface area (Å²) < 4.78 is 29.2. The molecule has 2 fully saturated rings. The van der Waals surface area contributed by atoms with Crippen LogP contribution in [0.25, 0.3) is 0 Å². The number of fused-ring (bicyclic) bond motifs is 2. The van der Waals surface area contributed by atoms with Crippen LogP contribution in [0.4, 0.5) is 0 Å². The van der Waals surface area contributed by atoms with Gasteiger partial charge in [-0.2, -0.15) is 0 Å². The molecule has 4 heterocycles. The monoisotopic (exact) mass is 435 g/mol. The summed E-state index contributed by atoms with van der Waals surface area (Å²) >= 11 is 1.56. The van der Waals surface area contributed by atoms with Crippen LogP contribution < -0.4 is 10.5 Å². The molecular formula is C17H26ClN3O4S2. The highest BCUT2D eigenvalue weighted by atomic mass is 35.5. The third-order valence-corrected chi connectivity index (χ3v) is 8.54. The smallest absolute Gasteiger partial charge is 0.263 e. The summed E-state index contributed by atoms with van der Waals surface area (Å²) in [6.07, 6.45) is 3.55. The molecule has 0 saturated carbocycles. The van der Waals surface area contributed by atoms with Gasteiger partial charge in [-0.3, -0.25) is 4.79 Å². The number of ether oxygens (including phenoxy) is 1. The highest BCUT2D eigenvalue weighted by Gasteiger charge is 2.41. The zero-order chi connectivity index (χ0) is 18.4. The highest BCUT2D eigenvalue weighted by molar-refractivity contribution is 7.89. The van der Waals surface area contributed by atoms with Crippen molar-refractivity contribution in [3.05, 3.63) is 21.4 Å². The number of halogens is 1. The topological polar surface area (TPSA) is 102 Å². The second-order valence-corrected chi connectivity index (χ2v) is 10.3. The van der Waals surface area contributed by atoms with Gasteiger partial charge in [0.2, 0.25) is 10.0 Å². The van der Waals surface area contributed by atoms with Gasteiger partial charge in [0.05, 0.1) is 16.7 Å². The van der Waals surface area contributed by atoms with E-state index in [-0.39, 0.29) is 23.9 Å². The Balaban J connectivity index is 0.00000210. The van der Waals surface area contributed by atoms with Gasteiger partial charge in [0.25, 0.3) is 5.91 Å². The summed E-state index contributed by atoms with van der Waals surface area (Å²) in [6.45, 7) is 3.45. The van der Waals surface area contributed by atoms with Crippen LogP contribution in [0.2, 0.25) is 0 Å². The Kier molecular flexibility index (Phi) is 6.20. The van der Waals surface area contributed by atoms with E-state index in [1.807, 2.05) is 6.07 Å². The number of thiophene rings is 1. The zero-order valence-corrected chi connectivity index (χ0v) is 17.6.